The first-order valence-corrected chi connectivity index (χ1v) is 6.90. The summed E-state index contributed by atoms with van der Waals surface area (Å²) in [7, 11) is 0. The van der Waals surface area contributed by atoms with Gasteiger partial charge in [0.25, 0.3) is 0 Å². The Hall–Kier alpha value is -0.730. The molecule has 2 aromatic rings. The first-order chi connectivity index (χ1) is 9.10. The highest BCUT2D eigenvalue weighted by atomic mass is 79.9. The monoisotopic (exact) mass is 347 g/mol. The summed E-state index contributed by atoms with van der Waals surface area (Å²) < 4.78 is 7.89. The van der Waals surface area contributed by atoms with Gasteiger partial charge in [-0.15, -0.1) is 0 Å². The summed E-state index contributed by atoms with van der Waals surface area (Å²) in [5.41, 5.74) is 1.16. The van der Waals surface area contributed by atoms with E-state index in [2.05, 4.69) is 25.9 Å². The number of halogens is 2. The van der Waals surface area contributed by atoms with Crippen LogP contribution in [0.5, 0.6) is 0 Å². The molecule has 0 unspecified atom stereocenters. The topological polar surface area (TPSA) is 80.4 Å². The maximum Gasteiger partial charge on any atom is 0.164 e. The average molecular weight is 349 g/mol. The van der Waals surface area contributed by atoms with Crippen LogP contribution in [0.2, 0.25) is 5.02 Å². The fraction of sp³-hybridized carbons (Fsp3) is 0.455. The zero-order valence-electron chi connectivity index (χ0n) is 9.70. The van der Waals surface area contributed by atoms with Gasteiger partial charge in [0.2, 0.25) is 0 Å². The van der Waals surface area contributed by atoms with Crippen LogP contribution in [-0.4, -0.2) is 43.6 Å². The summed E-state index contributed by atoms with van der Waals surface area (Å²) in [5.74, 6) is 0. The Labute approximate surface area is 122 Å². The summed E-state index contributed by atoms with van der Waals surface area (Å²) >= 11 is 9.37. The summed E-state index contributed by atoms with van der Waals surface area (Å²) in [5, 5.41) is 19.4. The maximum atomic E-state index is 9.76. The highest BCUT2D eigenvalue weighted by molar-refractivity contribution is 9.10. The zero-order chi connectivity index (χ0) is 13.6. The number of hydrogen-bond acceptors (Lipinski definition) is 5. The molecule has 3 atom stereocenters. The van der Waals surface area contributed by atoms with Crippen LogP contribution in [0.4, 0.5) is 0 Å². The minimum Gasteiger partial charge on any atom is -0.394 e. The van der Waals surface area contributed by atoms with Crippen molar-refractivity contribution in [1.29, 1.82) is 0 Å². The number of aliphatic hydroxyl groups excluding tert-OH is 2. The van der Waals surface area contributed by atoms with Crippen molar-refractivity contribution >= 4 is 38.7 Å². The molecule has 1 fully saturated rings. The van der Waals surface area contributed by atoms with Gasteiger partial charge in [-0.05, 0) is 22.0 Å². The molecule has 0 radical (unpaired) electrons. The minimum atomic E-state index is -0.699. The van der Waals surface area contributed by atoms with Gasteiger partial charge in [0.15, 0.2) is 5.65 Å². The molecule has 0 bridgehead atoms. The SMILES string of the molecule is OC[C@H]1O[C@@H](n2cnc3c(Cl)cc(Br)nc32)C[C@@H]1O. The number of aliphatic hydroxyl groups is 2. The van der Waals surface area contributed by atoms with E-state index in [0.717, 1.165) is 0 Å². The molecule has 1 aliphatic rings. The Balaban J connectivity index is 2.02. The lowest BCUT2D eigenvalue weighted by molar-refractivity contribution is -0.0432. The lowest BCUT2D eigenvalue weighted by Crippen LogP contribution is -2.24. The van der Waals surface area contributed by atoms with Crippen molar-refractivity contribution < 1.29 is 14.9 Å². The summed E-state index contributed by atoms with van der Waals surface area (Å²) in [6.07, 6.45) is 0.269. The molecule has 2 aromatic heterocycles. The standard InChI is InChI=1S/C11H11BrClN3O3/c12-8-1-5(13)10-11(15-8)16(4-14-10)9-2-6(18)7(3-17)19-9/h1,4,6-7,9,17-18H,2-3H2/t6-,7+,9+/m0/s1. The van der Waals surface area contributed by atoms with Crippen LogP contribution in [0.25, 0.3) is 11.2 Å². The highest BCUT2D eigenvalue weighted by Crippen LogP contribution is 2.32. The van der Waals surface area contributed by atoms with E-state index >= 15 is 0 Å². The molecule has 8 heteroatoms. The van der Waals surface area contributed by atoms with Crippen LogP contribution in [0.1, 0.15) is 12.6 Å². The number of rotatable bonds is 2. The average Bonchev–Trinajstić information content (AvgIpc) is 2.92. The van der Waals surface area contributed by atoms with Crippen molar-refractivity contribution in [1.82, 2.24) is 14.5 Å². The van der Waals surface area contributed by atoms with E-state index in [1.54, 1.807) is 17.0 Å². The number of imidazole rings is 1. The fourth-order valence-corrected chi connectivity index (χ4v) is 2.97. The van der Waals surface area contributed by atoms with Crippen LogP contribution in [0.3, 0.4) is 0 Å². The molecule has 3 rings (SSSR count). The summed E-state index contributed by atoms with van der Waals surface area (Å²) in [6, 6.07) is 1.67. The highest BCUT2D eigenvalue weighted by Gasteiger charge is 2.35. The minimum absolute atomic E-state index is 0.220. The van der Waals surface area contributed by atoms with Crippen molar-refractivity contribution in [3.8, 4) is 0 Å². The molecule has 2 N–H and O–H groups in total. The molecule has 1 aliphatic heterocycles. The molecule has 0 aliphatic carbocycles. The van der Waals surface area contributed by atoms with Crippen LogP contribution < -0.4 is 0 Å². The number of ether oxygens (including phenoxy) is 1. The molecule has 1 saturated heterocycles. The van der Waals surface area contributed by atoms with Gasteiger partial charge in [-0.2, -0.15) is 0 Å². The smallest absolute Gasteiger partial charge is 0.164 e. The van der Waals surface area contributed by atoms with Crippen LogP contribution in [-0.2, 0) is 4.74 Å². The Bertz CT molecular complexity index is 620. The van der Waals surface area contributed by atoms with Gasteiger partial charge in [-0.1, -0.05) is 11.6 Å². The number of hydrogen-bond donors (Lipinski definition) is 2. The first kappa shape index (κ1) is 13.3. The van der Waals surface area contributed by atoms with E-state index in [0.29, 0.717) is 27.2 Å². The van der Waals surface area contributed by atoms with Crippen molar-refractivity contribution in [3.63, 3.8) is 0 Å². The largest absolute Gasteiger partial charge is 0.394 e. The quantitative estimate of drug-likeness (QED) is 0.804. The lowest BCUT2D eigenvalue weighted by Gasteiger charge is -2.13. The summed E-state index contributed by atoms with van der Waals surface area (Å²) in [6.45, 7) is -0.220. The van der Waals surface area contributed by atoms with Gasteiger partial charge in [-0.3, -0.25) is 4.57 Å². The molecule has 6 nitrogen and oxygen atoms in total. The molecular formula is C11H11BrClN3O3. The van der Waals surface area contributed by atoms with Crippen LogP contribution in [0, 0.1) is 0 Å². The van der Waals surface area contributed by atoms with Crippen molar-refractivity contribution in [2.75, 3.05) is 6.61 Å². The second-order valence-electron chi connectivity index (χ2n) is 4.37. The number of nitrogens with zero attached hydrogens (tertiary/aromatic N) is 3. The van der Waals surface area contributed by atoms with E-state index in [-0.39, 0.29) is 6.61 Å². The van der Waals surface area contributed by atoms with Crippen molar-refractivity contribution in [3.05, 3.63) is 22.0 Å². The van der Waals surface area contributed by atoms with E-state index in [1.165, 1.54) is 0 Å². The Morgan fingerprint density at radius 1 is 1.58 bits per heavy atom. The molecule has 102 valence electrons. The third-order valence-corrected chi connectivity index (χ3v) is 3.84. The normalized spacial score (nSPS) is 27.3. The molecule has 0 aromatic carbocycles. The Morgan fingerprint density at radius 3 is 3.05 bits per heavy atom. The third-order valence-electron chi connectivity index (χ3n) is 3.15. The van der Waals surface area contributed by atoms with Crippen molar-refractivity contribution in [2.45, 2.75) is 24.9 Å². The first-order valence-electron chi connectivity index (χ1n) is 5.73. The van der Waals surface area contributed by atoms with Gasteiger partial charge in [-0.25, -0.2) is 9.97 Å². The molecular weight excluding hydrogens is 337 g/mol. The predicted octanol–water partition coefficient (Wildman–Crippen LogP) is 1.49. The van der Waals surface area contributed by atoms with E-state index < -0.39 is 18.4 Å². The summed E-state index contributed by atoms with van der Waals surface area (Å²) in [4.78, 5) is 8.53. The zero-order valence-corrected chi connectivity index (χ0v) is 12.0. The van der Waals surface area contributed by atoms with Gasteiger partial charge in [0.05, 0.1) is 24.1 Å². The predicted molar refractivity (Wildman–Crippen MR) is 71.9 cm³/mol. The van der Waals surface area contributed by atoms with Crippen LogP contribution in [0.15, 0.2) is 17.0 Å². The van der Waals surface area contributed by atoms with Gasteiger partial charge < -0.3 is 14.9 Å². The molecule has 0 amide bonds. The fourth-order valence-electron chi connectivity index (χ4n) is 2.20. The molecule has 0 spiro atoms. The second-order valence-corrected chi connectivity index (χ2v) is 5.59. The lowest BCUT2D eigenvalue weighted by atomic mass is 10.2. The van der Waals surface area contributed by atoms with E-state index in [4.69, 9.17) is 21.4 Å². The Morgan fingerprint density at radius 2 is 2.37 bits per heavy atom. The number of pyridine rings is 1. The Kier molecular flexibility index (Phi) is 3.48. The van der Waals surface area contributed by atoms with Gasteiger partial charge >= 0.3 is 0 Å². The van der Waals surface area contributed by atoms with Crippen molar-refractivity contribution in [2.24, 2.45) is 0 Å². The van der Waals surface area contributed by atoms with Gasteiger partial charge in [0, 0.05) is 6.42 Å². The van der Waals surface area contributed by atoms with Crippen LogP contribution >= 0.6 is 27.5 Å². The molecule has 0 saturated carbocycles. The van der Waals surface area contributed by atoms with E-state index in [9.17, 15) is 5.11 Å². The second kappa shape index (κ2) is 4.99. The van der Waals surface area contributed by atoms with E-state index in [1.807, 2.05) is 0 Å². The molecule has 19 heavy (non-hydrogen) atoms. The van der Waals surface area contributed by atoms with Gasteiger partial charge in [0.1, 0.15) is 22.5 Å². The molecule has 3 heterocycles. The maximum absolute atomic E-state index is 9.76. The third kappa shape index (κ3) is 2.25. The number of fused-ring (bicyclic) bond motifs is 1. The number of aromatic nitrogens is 3.